The molecule has 1 N–H and O–H groups in total. The van der Waals surface area contributed by atoms with Crippen LogP contribution in [0, 0.1) is 0 Å². The van der Waals surface area contributed by atoms with E-state index in [-0.39, 0.29) is 17.2 Å². The molecule has 0 radical (unpaired) electrons. The molecule has 2 aliphatic heterocycles. The molecule has 24 heavy (non-hydrogen) atoms. The molecule has 2 saturated heterocycles. The smallest absolute Gasteiger partial charge is 0.265 e. The number of anilines is 1. The van der Waals surface area contributed by atoms with E-state index in [0.717, 1.165) is 18.7 Å². The maximum absolute atomic E-state index is 12.5. The van der Waals surface area contributed by atoms with Crippen LogP contribution in [-0.2, 0) is 9.59 Å². The van der Waals surface area contributed by atoms with Crippen LogP contribution in [0.15, 0.2) is 42.5 Å². The highest BCUT2D eigenvalue weighted by Crippen LogP contribution is 2.22. The van der Waals surface area contributed by atoms with Gasteiger partial charge in [-0.1, -0.05) is 18.2 Å². The Hall–Kier alpha value is -2.47. The first kappa shape index (κ1) is 16.4. The summed E-state index contributed by atoms with van der Waals surface area (Å²) in [6.45, 7) is 6.03. The van der Waals surface area contributed by atoms with Gasteiger partial charge in [-0.3, -0.25) is 19.8 Å². The van der Waals surface area contributed by atoms with Crippen molar-refractivity contribution < 1.29 is 9.59 Å². The van der Waals surface area contributed by atoms with Crippen LogP contribution in [0.1, 0.15) is 18.4 Å². The molecular formula is C18H19N3O2S. The van der Waals surface area contributed by atoms with Crippen LogP contribution in [0.4, 0.5) is 5.69 Å². The van der Waals surface area contributed by atoms with Crippen molar-refractivity contribution in [1.29, 1.82) is 0 Å². The van der Waals surface area contributed by atoms with Gasteiger partial charge >= 0.3 is 0 Å². The van der Waals surface area contributed by atoms with Crippen LogP contribution in [0.3, 0.4) is 0 Å². The highest BCUT2D eigenvalue weighted by molar-refractivity contribution is 7.80. The van der Waals surface area contributed by atoms with Gasteiger partial charge in [-0.2, -0.15) is 0 Å². The van der Waals surface area contributed by atoms with E-state index in [1.807, 2.05) is 24.3 Å². The lowest BCUT2D eigenvalue weighted by atomic mass is 10.1. The Labute approximate surface area is 146 Å². The maximum Gasteiger partial charge on any atom is 0.265 e. The van der Waals surface area contributed by atoms with Crippen LogP contribution < -0.4 is 10.2 Å². The van der Waals surface area contributed by atoms with Crippen molar-refractivity contribution in [1.82, 2.24) is 10.2 Å². The number of nitrogens with one attached hydrogen (secondary N) is 1. The lowest BCUT2D eigenvalue weighted by molar-refractivity contribution is -0.128. The molecule has 3 rings (SSSR count). The summed E-state index contributed by atoms with van der Waals surface area (Å²) in [6, 6.07) is 7.89. The zero-order valence-corrected chi connectivity index (χ0v) is 14.1. The Morgan fingerprint density at radius 2 is 1.83 bits per heavy atom. The van der Waals surface area contributed by atoms with Gasteiger partial charge in [0.15, 0.2) is 5.11 Å². The van der Waals surface area contributed by atoms with Crippen molar-refractivity contribution in [2.45, 2.75) is 12.8 Å². The summed E-state index contributed by atoms with van der Waals surface area (Å²) in [4.78, 5) is 28.2. The standard InChI is InChI=1S/C18H19N3O2S/c1-2-9-21-17(23)15(16(22)19-18(21)24)12-13-5-7-14(8-6-13)20-10-3-4-11-20/h2,5-8,12H,1,3-4,9-11H2,(H,19,22,24). The Morgan fingerprint density at radius 3 is 2.46 bits per heavy atom. The molecule has 6 heteroatoms. The lowest BCUT2D eigenvalue weighted by Gasteiger charge is -2.27. The highest BCUT2D eigenvalue weighted by atomic mass is 32.1. The first-order valence-electron chi connectivity index (χ1n) is 7.95. The third-order valence-electron chi connectivity index (χ3n) is 4.17. The summed E-state index contributed by atoms with van der Waals surface area (Å²) in [5.41, 5.74) is 2.06. The molecule has 0 aromatic heterocycles. The zero-order valence-electron chi connectivity index (χ0n) is 13.3. The summed E-state index contributed by atoms with van der Waals surface area (Å²) in [5.74, 6) is -0.860. The van der Waals surface area contributed by atoms with Crippen molar-refractivity contribution in [2.24, 2.45) is 0 Å². The van der Waals surface area contributed by atoms with E-state index in [1.165, 1.54) is 23.4 Å². The van der Waals surface area contributed by atoms with Gasteiger partial charge < -0.3 is 4.90 Å². The van der Waals surface area contributed by atoms with Crippen LogP contribution in [0.2, 0.25) is 0 Å². The molecule has 0 unspecified atom stereocenters. The monoisotopic (exact) mass is 341 g/mol. The van der Waals surface area contributed by atoms with Gasteiger partial charge in [-0.15, -0.1) is 6.58 Å². The predicted molar refractivity (Wildman–Crippen MR) is 98.5 cm³/mol. The largest absolute Gasteiger partial charge is 0.372 e. The molecule has 2 aliphatic rings. The highest BCUT2D eigenvalue weighted by Gasteiger charge is 2.32. The summed E-state index contributed by atoms with van der Waals surface area (Å²) < 4.78 is 0. The topological polar surface area (TPSA) is 52.7 Å². The van der Waals surface area contributed by atoms with Crippen LogP contribution in [-0.4, -0.2) is 41.5 Å². The molecule has 124 valence electrons. The Kier molecular flexibility index (Phi) is 4.76. The second kappa shape index (κ2) is 6.97. The van der Waals surface area contributed by atoms with Gasteiger partial charge in [0, 0.05) is 25.3 Å². The summed E-state index contributed by atoms with van der Waals surface area (Å²) in [6.07, 6.45) is 5.62. The normalized spacial score (nSPS) is 19.8. The van der Waals surface area contributed by atoms with Crippen LogP contribution in [0.5, 0.6) is 0 Å². The summed E-state index contributed by atoms with van der Waals surface area (Å²) in [7, 11) is 0. The molecule has 0 saturated carbocycles. The average Bonchev–Trinajstić information content (AvgIpc) is 3.10. The average molecular weight is 341 g/mol. The van der Waals surface area contributed by atoms with E-state index >= 15 is 0 Å². The molecule has 2 amide bonds. The van der Waals surface area contributed by atoms with E-state index in [4.69, 9.17) is 12.2 Å². The molecule has 2 fully saturated rings. The van der Waals surface area contributed by atoms with Crippen LogP contribution in [0.25, 0.3) is 6.08 Å². The number of hydrogen-bond donors (Lipinski definition) is 1. The van der Waals surface area contributed by atoms with Gasteiger partial charge in [0.25, 0.3) is 11.8 Å². The fourth-order valence-corrected chi connectivity index (χ4v) is 3.16. The minimum absolute atomic E-state index is 0.0828. The first-order valence-corrected chi connectivity index (χ1v) is 8.36. The zero-order chi connectivity index (χ0) is 17.1. The fourth-order valence-electron chi connectivity index (χ4n) is 2.91. The Morgan fingerprint density at radius 1 is 1.17 bits per heavy atom. The molecule has 0 bridgehead atoms. The van der Waals surface area contributed by atoms with Gasteiger partial charge in [0.05, 0.1) is 0 Å². The van der Waals surface area contributed by atoms with E-state index in [2.05, 4.69) is 16.8 Å². The lowest BCUT2D eigenvalue weighted by Crippen LogP contribution is -2.53. The van der Waals surface area contributed by atoms with Crippen LogP contribution >= 0.6 is 12.2 Å². The number of hydrogen-bond acceptors (Lipinski definition) is 4. The van der Waals surface area contributed by atoms with E-state index in [9.17, 15) is 9.59 Å². The molecule has 2 heterocycles. The predicted octanol–water partition coefficient (Wildman–Crippen LogP) is 2.10. The number of carbonyl (C=O) groups is 2. The maximum atomic E-state index is 12.5. The Balaban J connectivity index is 1.83. The first-order chi connectivity index (χ1) is 11.6. The number of carbonyl (C=O) groups excluding carboxylic acids is 2. The third-order valence-corrected chi connectivity index (χ3v) is 4.50. The fraction of sp³-hybridized carbons (Fsp3) is 0.278. The number of nitrogens with zero attached hydrogens (tertiary/aromatic N) is 2. The number of rotatable bonds is 4. The van der Waals surface area contributed by atoms with Crippen molar-refractivity contribution in [2.75, 3.05) is 24.5 Å². The summed E-state index contributed by atoms with van der Waals surface area (Å²) in [5, 5.41) is 2.66. The minimum atomic E-state index is -0.464. The van der Waals surface area contributed by atoms with E-state index < -0.39 is 11.8 Å². The van der Waals surface area contributed by atoms with Gasteiger partial charge in [0.1, 0.15) is 5.57 Å². The Bertz CT molecular complexity index is 718. The SMILES string of the molecule is C=CCN1C(=O)C(=Cc2ccc(N3CCCC3)cc2)C(=O)NC1=S. The van der Waals surface area contributed by atoms with Gasteiger partial charge in [-0.25, -0.2) is 0 Å². The molecule has 0 atom stereocenters. The van der Waals surface area contributed by atoms with Crippen molar-refractivity contribution >= 4 is 40.9 Å². The quantitative estimate of drug-likeness (QED) is 0.394. The van der Waals surface area contributed by atoms with Crippen molar-refractivity contribution in [3.8, 4) is 0 Å². The molecular weight excluding hydrogens is 322 g/mol. The molecule has 1 aromatic carbocycles. The van der Waals surface area contributed by atoms with Gasteiger partial charge in [-0.05, 0) is 48.8 Å². The molecule has 0 spiro atoms. The van der Waals surface area contributed by atoms with Gasteiger partial charge in [0.2, 0.25) is 0 Å². The third kappa shape index (κ3) is 3.23. The second-order valence-electron chi connectivity index (χ2n) is 5.81. The minimum Gasteiger partial charge on any atom is -0.372 e. The molecule has 0 aliphatic carbocycles. The van der Waals surface area contributed by atoms with Crippen molar-refractivity contribution in [3.05, 3.63) is 48.1 Å². The summed E-state index contributed by atoms with van der Waals surface area (Å²) >= 11 is 5.04. The second-order valence-corrected chi connectivity index (χ2v) is 6.19. The number of benzene rings is 1. The van der Waals surface area contributed by atoms with E-state index in [1.54, 1.807) is 12.2 Å². The molecule has 1 aromatic rings. The number of thiocarbonyl (C=S) groups is 1. The van der Waals surface area contributed by atoms with Crippen molar-refractivity contribution in [3.63, 3.8) is 0 Å². The molecule has 5 nitrogen and oxygen atoms in total. The number of amides is 2. The van der Waals surface area contributed by atoms with E-state index in [0.29, 0.717) is 0 Å².